The van der Waals surface area contributed by atoms with Gasteiger partial charge in [0.05, 0.1) is 22.4 Å². The molecule has 1 heterocycles. The van der Waals surface area contributed by atoms with Crippen molar-refractivity contribution < 1.29 is 18.4 Å². The van der Waals surface area contributed by atoms with E-state index in [1.807, 2.05) is 6.92 Å². The first kappa shape index (κ1) is 24.6. The molecule has 3 aromatic carbocycles. The molecular weight excluding hydrogens is 476 g/mol. The maximum atomic E-state index is 13.3. The van der Waals surface area contributed by atoms with E-state index < -0.39 is 15.7 Å². The Morgan fingerprint density at radius 3 is 2.36 bits per heavy atom. The van der Waals surface area contributed by atoms with Crippen molar-refractivity contribution >= 4 is 33.3 Å². The number of carbonyl (C=O) groups is 1. The number of anilines is 2. The van der Waals surface area contributed by atoms with Gasteiger partial charge in [0.1, 0.15) is 0 Å². The number of carbonyl (C=O) groups excluding carboxylic acids is 1. The van der Waals surface area contributed by atoms with Crippen molar-refractivity contribution in [3.05, 3.63) is 95.7 Å². The van der Waals surface area contributed by atoms with Crippen LogP contribution in [0, 0.1) is 6.92 Å². The molecule has 0 atom stereocenters. The molecule has 0 saturated carbocycles. The lowest BCUT2D eigenvalue weighted by molar-refractivity contribution is 0.102. The summed E-state index contributed by atoms with van der Waals surface area (Å²) in [6, 6.07) is 22.2. The van der Waals surface area contributed by atoms with Crippen LogP contribution in [0.25, 0.3) is 22.4 Å². The number of amides is 1. The summed E-state index contributed by atoms with van der Waals surface area (Å²) >= 11 is 0. The van der Waals surface area contributed by atoms with E-state index >= 15 is 0 Å². The zero-order valence-corrected chi connectivity index (χ0v) is 20.5. The van der Waals surface area contributed by atoms with Crippen LogP contribution in [0.3, 0.4) is 0 Å². The molecule has 4 N–H and O–H groups in total. The number of nitrogen functional groups attached to an aromatic ring is 1. The molecule has 0 saturated heterocycles. The van der Waals surface area contributed by atoms with Crippen molar-refractivity contribution in [2.45, 2.75) is 11.8 Å². The second kappa shape index (κ2) is 10.0. The monoisotopic (exact) mass is 500 g/mol. The van der Waals surface area contributed by atoms with E-state index in [4.69, 9.17) is 10.9 Å². The second-order valence-corrected chi connectivity index (χ2v) is 10.2. The van der Waals surface area contributed by atoms with Gasteiger partial charge in [-0.1, -0.05) is 47.6 Å². The molecule has 0 aliphatic rings. The van der Waals surface area contributed by atoms with E-state index in [1.54, 1.807) is 78.9 Å². The Kier molecular flexibility index (Phi) is 6.84. The highest BCUT2D eigenvalue weighted by molar-refractivity contribution is 7.90. The zero-order chi connectivity index (χ0) is 25.9. The molecule has 9 heteroatoms. The third-order valence-electron chi connectivity index (χ3n) is 5.60. The van der Waals surface area contributed by atoms with Gasteiger partial charge in [-0.25, -0.2) is 8.42 Å². The number of nitrogens with zero attached hydrogens (tertiary/aromatic N) is 2. The van der Waals surface area contributed by atoms with Crippen molar-refractivity contribution in [1.82, 2.24) is 4.98 Å². The normalized spacial score (nSPS) is 11.5. The van der Waals surface area contributed by atoms with Crippen molar-refractivity contribution in [2.75, 3.05) is 17.3 Å². The van der Waals surface area contributed by atoms with Gasteiger partial charge in [0.2, 0.25) is 0 Å². The highest BCUT2D eigenvalue weighted by Gasteiger charge is 2.19. The van der Waals surface area contributed by atoms with E-state index in [0.717, 1.165) is 0 Å². The Hall–Kier alpha value is -4.50. The third kappa shape index (κ3) is 5.11. The SMILES string of the molecule is Cc1ccc(C(=O)Nc2ccc(-c3ccccc3S(C)(=O)=O)cc2)c(-c2cccc(N)c2C=NO)n1. The molecule has 0 fully saturated rings. The van der Waals surface area contributed by atoms with Crippen molar-refractivity contribution in [1.29, 1.82) is 0 Å². The van der Waals surface area contributed by atoms with Crippen LogP contribution in [0.5, 0.6) is 0 Å². The van der Waals surface area contributed by atoms with Gasteiger partial charge in [-0.2, -0.15) is 0 Å². The zero-order valence-electron chi connectivity index (χ0n) is 19.6. The molecule has 1 amide bonds. The molecule has 0 unspecified atom stereocenters. The molecule has 0 radical (unpaired) electrons. The number of nitrogens with two attached hydrogens (primary N) is 1. The van der Waals surface area contributed by atoms with E-state index in [2.05, 4.69) is 15.5 Å². The minimum Gasteiger partial charge on any atom is -0.411 e. The summed E-state index contributed by atoms with van der Waals surface area (Å²) in [6.45, 7) is 1.81. The molecule has 36 heavy (non-hydrogen) atoms. The fraction of sp³-hybridized carbons (Fsp3) is 0.0741. The Morgan fingerprint density at radius 1 is 0.972 bits per heavy atom. The largest absolute Gasteiger partial charge is 0.411 e. The van der Waals surface area contributed by atoms with Gasteiger partial charge in [-0.05, 0) is 48.9 Å². The Labute approximate surface area is 209 Å². The number of pyridine rings is 1. The highest BCUT2D eigenvalue weighted by atomic mass is 32.2. The smallest absolute Gasteiger partial charge is 0.257 e. The average molecular weight is 501 g/mol. The summed E-state index contributed by atoms with van der Waals surface area (Å²) in [5.74, 6) is -0.393. The molecule has 4 aromatic rings. The number of nitrogens with one attached hydrogen (secondary N) is 1. The van der Waals surface area contributed by atoms with Crippen molar-refractivity contribution in [3.8, 4) is 22.4 Å². The van der Waals surface area contributed by atoms with Crippen molar-refractivity contribution in [2.24, 2.45) is 5.16 Å². The van der Waals surface area contributed by atoms with Crippen molar-refractivity contribution in [3.63, 3.8) is 0 Å². The summed E-state index contributed by atoms with van der Waals surface area (Å²) < 4.78 is 24.3. The van der Waals surface area contributed by atoms with Gasteiger partial charge < -0.3 is 16.3 Å². The lowest BCUT2D eigenvalue weighted by Gasteiger charge is -2.14. The quantitative estimate of drug-likeness (QED) is 0.151. The molecule has 0 aliphatic carbocycles. The number of aryl methyl sites for hydroxylation is 1. The van der Waals surface area contributed by atoms with Gasteiger partial charge in [-0.3, -0.25) is 9.78 Å². The predicted octanol–water partition coefficient (Wildman–Crippen LogP) is 4.77. The maximum absolute atomic E-state index is 13.3. The topological polar surface area (TPSA) is 135 Å². The van der Waals surface area contributed by atoms with Crippen LogP contribution >= 0.6 is 0 Å². The number of benzene rings is 3. The van der Waals surface area contributed by atoms with Gasteiger partial charge in [0.25, 0.3) is 5.91 Å². The van der Waals surface area contributed by atoms with Crippen LogP contribution in [-0.4, -0.2) is 37.0 Å². The number of aromatic nitrogens is 1. The summed E-state index contributed by atoms with van der Waals surface area (Å²) in [5.41, 5.74) is 10.7. The van der Waals surface area contributed by atoms with E-state index in [-0.39, 0.29) is 4.90 Å². The van der Waals surface area contributed by atoms with Gasteiger partial charge >= 0.3 is 0 Å². The molecule has 0 spiro atoms. The Balaban J connectivity index is 1.68. The number of hydrogen-bond donors (Lipinski definition) is 3. The molecule has 182 valence electrons. The number of hydrogen-bond acceptors (Lipinski definition) is 7. The first-order valence-electron chi connectivity index (χ1n) is 10.9. The minimum absolute atomic E-state index is 0.238. The van der Waals surface area contributed by atoms with Crippen LogP contribution in [0.2, 0.25) is 0 Å². The lowest BCUT2D eigenvalue weighted by Crippen LogP contribution is -2.14. The fourth-order valence-corrected chi connectivity index (χ4v) is 4.81. The highest BCUT2D eigenvalue weighted by Crippen LogP contribution is 2.30. The van der Waals surface area contributed by atoms with Gasteiger partial charge in [0.15, 0.2) is 9.84 Å². The van der Waals surface area contributed by atoms with Crippen LogP contribution in [0.15, 0.2) is 88.9 Å². The summed E-state index contributed by atoms with van der Waals surface area (Å²) in [4.78, 5) is 18.1. The average Bonchev–Trinajstić information content (AvgIpc) is 2.85. The summed E-state index contributed by atoms with van der Waals surface area (Å²) in [5, 5.41) is 15.1. The molecule has 0 bridgehead atoms. The first-order valence-corrected chi connectivity index (χ1v) is 12.8. The third-order valence-corrected chi connectivity index (χ3v) is 6.76. The second-order valence-electron chi connectivity index (χ2n) is 8.20. The molecule has 8 nitrogen and oxygen atoms in total. The predicted molar refractivity (Wildman–Crippen MR) is 141 cm³/mol. The molecule has 4 rings (SSSR count). The standard InChI is InChI=1S/C27H24N4O4S/c1-17-10-15-22(26(30-17)21-7-5-8-24(28)23(21)16-29-33)27(32)31-19-13-11-18(12-14-19)20-6-3-4-9-25(20)36(2,34)35/h3-16,33H,28H2,1-2H3,(H,31,32). The maximum Gasteiger partial charge on any atom is 0.257 e. The number of oxime groups is 1. The van der Waals surface area contributed by atoms with Crippen LogP contribution in [0.1, 0.15) is 21.6 Å². The fourth-order valence-electron chi connectivity index (χ4n) is 3.90. The van der Waals surface area contributed by atoms with E-state index in [0.29, 0.717) is 50.6 Å². The summed E-state index contributed by atoms with van der Waals surface area (Å²) in [6.07, 6.45) is 2.38. The Bertz CT molecular complexity index is 1580. The van der Waals surface area contributed by atoms with Gasteiger partial charge in [-0.15, -0.1) is 0 Å². The van der Waals surface area contributed by atoms with E-state index in [9.17, 15) is 13.2 Å². The lowest BCUT2D eigenvalue weighted by atomic mass is 9.98. The Morgan fingerprint density at radius 2 is 1.67 bits per heavy atom. The van der Waals surface area contributed by atoms with Crippen LogP contribution < -0.4 is 11.1 Å². The molecule has 0 aliphatic heterocycles. The number of sulfone groups is 1. The van der Waals surface area contributed by atoms with E-state index in [1.165, 1.54) is 12.5 Å². The van der Waals surface area contributed by atoms with Crippen LogP contribution in [-0.2, 0) is 9.84 Å². The molecular formula is C27H24N4O4S. The summed E-state index contributed by atoms with van der Waals surface area (Å²) in [7, 11) is -3.40. The first-order chi connectivity index (χ1) is 17.2. The van der Waals surface area contributed by atoms with Gasteiger partial charge in [0, 0.05) is 40.0 Å². The van der Waals surface area contributed by atoms with Crippen LogP contribution in [0.4, 0.5) is 11.4 Å². The minimum atomic E-state index is -3.40. The number of rotatable bonds is 6. The molecule has 1 aromatic heterocycles.